The number of fused-ring (bicyclic) bond motifs is 1. The summed E-state index contributed by atoms with van der Waals surface area (Å²) < 4.78 is 18.1. The average Bonchev–Trinajstić information content (AvgIpc) is 3.39. The Hall–Kier alpha value is -3.75. The number of hydrogen-bond donors (Lipinski definition) is 1. The maximum atomic E-state index is 12.4. The van der Waals surface area contributed by atoms with Gasteiger partial charge in [0.15, 0.2) is 11.5 Å². The van der Waals surface area contributed by atoms with Crippen molar-refractivity contribution in [2.75, 3.05) is 19.9 Å². The van der Waals surface area contributed by atoms with E-state index >= 15 is 0 Å². The fourth-order valence-corrected chi connectivity index (χ4v) is 3.36. The third kappa shape index (κ3) is 3.86. The number of rotatable bonds is 6. The van der Waals surface area contributed by atoms with E-state index in [0.29, 0.717) is 32.0 Å². The monoisotopic (exact) mass is 407 g/mol. The summed E-state index contributed by atoms with van der Waals surface area (Å²) in [6, 6.07) is 15.3. The van der Waals surface area contributed by atoms with Crippen LogP contribution in [0.5, 0.6) is 17.2 Å². The minimum Gasteiger partial charge on any atom is -0.487 e. The van der Waals surface area contributed by atoms with Gasteiger partial charge in [0.1, 0.15) is 18.1 Å². The van der Waals surface area contributed by atoms with Crippen molar-refractivity contribution >= 4 is 6.03 Å². The minimum atomic E-state index is -0.100. The first-order chi connectivity index (χ1) is 14.7. The summed E-state index contributed by atoms with van der Waals surface area (Å²) in [7, 11) is 0. The largest absolute Gasteiger partial charge is 0.487 e. The maximum Gasteiger partial charge on any atom is 0.317 e. The van der Waals surface area contributed by atoms with Crippen LogP contribution in [0.2, 0.25) is 0 Å². The van der Waals surface area contributed by atoms with Crippen LogP contribution in [0.1, 0.15) is 17.3 Å². The number of hydrogen-bond acceptors (Lipinski definition) is 6. The van der Waals surface area contributed by atoms with Crippen LogP contribution in [0.3, 0.4) is 0 Å². The smallest absolute Gasteiger partial charge is 0.317 e. The zero-order valence-corrected chi connectivity index (χ0v) is 16.2. The number of benzene rings is 2. The Balaban J connectivity index is 1.08. The molecular formula is C21H21N5O4. The summed E-state index contributed by atoms with van der Waals surface area (Å²) in [5.74, 6) is 2.24. The van der Waals surface area contributed by atoms with E-state index in [4.69, 9.17) is 14.2 Å². The van der Waals surface area contributed by atoms with E-state index in [1.807, 2.05) is 54.7 Å². The van der Waals surface area contributed by atoms with Gasteiger partial charge in [-0.3, -0.25) is 0 Å². The summed E-state index contributed by atoms with van der Waals surface area (Å²) in [5, 5.41) is 11.3. The predicted octanol–water partition coefficient (Wildman–Crippen LogP) is 2.35. The molecule has 0 bridgehead atoms. The molecular weight excluding hydrogens is 386 g/mol. The lowest BCUT2D eigenvalue weighted by Crippen LogP contribution is -2.54. The molecule has 2 aliphatic rings. The lowest BCUT2D eigenvalue weighted by molar-refractivity contribution is 0.117. The fourth-order valence-electron chi connectivity index (χ4n) is 3.36. The molecule has 0 radical (unpaired) electrons. The summed E-state index contributed by atoms with van der Waals surface area (Å²) in [6.07, 6.45) is 1.87. The maximum absolute atomic E-state index is 12.4. The highest BCUT2D eigenvalue weighted by Gasteiger charge is 2.32. The van der Waals surface area contributed by atoms with Gasteiger partial charge in [-0.2, -0.15) is 0 Å². The van der Waals surface area contributed by atoms with Crippen molar-refractivity contribution in [1.82, 2.24) is 25.2 Å². The normalized spacial score (nSPS) is 15.0. The third-order valence-corrected chi connectivity index (χ3v) is 5.09. The van der Waals surface area contributed by atoms with Crippen LogP contribution in [-0.2, 0) is 13.2 Å². The van der Waals surface area contributed by atoms with Gasteiger partial charge in [0.2, 0.25) is 6.79 Å². The molecule has 30 heavy (non-hydrogen) atoms. The van der Waals surface area contributed by atoms with E-state index in [9.17, 15) is 4.79 Å². The topological polar surface area (TPSA) is 90.7 Å². The van der Waals surface area contributed by atoms with Crippen molar-refractivity contribution in [3.05, 3.63) is 66.0 Å². The number of aromatic nitrogens is 3. The number of likely N-dealkylation sites (tertiary alicyclic amines) is 1. The van der Waals surface area contributed by atoms with Crippen molar-refractivity contribution in [1.29, 1.82) is 0 Å². The average molecular weight is 407 g/mol. The summed E-state index contributed by atoms with van der Waals surface area (Å²) in [5.41, 5.74) is 1.72. The molecule has 2 amide bonds. The standard InChI is InChI=1S/C21H21N5O4/c27-21(22-9-15-6-7-19-20(8-15)30-14-29-19)25-11-17(12-25)26-10-16(23-24-26)13-28-18-4-2-1-3-5-18/h1-8,10,17H,9,11-14H2,(H,22,27). The number of nitrogens with zero attached hydrogens (tertiary/aromatic N) is 4. The number of carbonyl (C=O) groups excluding carboxylic acids is 1. The summed E-state index contributed by atoms with van der Waals surface area (Å²) in [6.45, 7) is 2.21. The van der Waals surface area contributed by atoms with Crippen LogP contribution in [-0.4, -0.2) is 45.8 Å². The molecule has 0 unspecified atom stereocenters. The van der Waals surface area contributed by atoms with Crippen LogP contribution in [0.25, 0.3) is 0 Å². The fraction of sp³-hybridized carbons (Fsp3) is 0.286. The van der Waals surface area contributed by atoms with Crippen molar-refractivity contribution < 1.29 is 19.0 Å². The molecule has 0 saturated carbocycles. The van der Waals surface area contributed by atoms with Crippen LogP contribution in [0.15, 0.2) is 54.7 Å². The van der Waals surface area contributed by atoms with E-state index in [1.54, 1.807) is 9.58 Å². The van der Waals surface area contributed by atoms with Crippen LogP contribution in [0.4, 0.5) is 4.79 Å². The van der Waals surface area contributed by atoms with Gasteiger partial charge in [0.05, 0.1) is 12.2 Å². The highest BCUT2D eigenvalue weighted by Crippen LogP contribution is 2.32. The molecule has 9 heteroatoms. The van der Waals surface area contributed by atoms with E-state index in [1.165, 1.54) is 0 Å². The van der Waals surface area contributed by atoms with Gasteiger partial charge >= 0.3 is 6.03 Å². The molecule has 2 aliphatic heterocycles. The lowest BCUT2D eigenvalue weighted by Gasteiger charge is -2.38. The zero-order chi connectivity index (χ0) is 20.3. The molecule has 154 valence electrons. The second-order valence-corrected chi connectivity index (χ2v) is 7.20. The highest BCUT2D eigenvalue weighted by atomic mass is 16.7. The number of carbonyl (C=O) groups is 1. The van der Waals surface area contributed by atoms with Gasteiger partial charge in [0.25, 0.3) is 0 Å². The van der Waals surface area contributed by atoms with Crippen LogP contribution >= 0.6 is 0 Å². The van der Waals surface area contributed by atoms with Gasteiger partial charge < -0.3 is 24.4 Å². The number of para-hydroxylation sites is 1. The molecule has 1 fully saturated rings. The van der Waals surface area contributed by atoms with Crippen molar-refractivity contribution in [3.63, 3.8) is 0 Å². The van der Waals surface area contributed by atoms with Crippen molar-refractivity contribution in [2.45, 2.75) is 19.2 Å². The molecule has 1 aromatic heterocycles. The number of urea groups is 1. The number of ether oxygens (including phenoxy) is 3. The minimum absolute atomic E-state index is 0.100. The van der Waals surface area contributed by atoms with E-state index < -0.39 is 0 Å². The van der Waals surface area contributed by atoms with Crippen LogP contribution in [0, 0.1) is 0 Å². The Morgan fingerprint density at radius 1 is 1.13 bits per heavy atom. The number of nitrogens with one attached hydrogen (secondary N) is 1. The molecule has 9 nitrogen and oxygen atoms in total. The van der Waals surface area contributed by atoms with Crippen LogP contribution < -0.4 is 19.5 Å². The first kappa shape index (κ1) is 18.3. The first-order valence-corrected chi connectivity index (χ1v) is 9.74. The van der Waals surface area contributed by atoms with Gasteiger partial charge in [-0.1, -0.05) is 29.5 Å². The van der Waals surface area contributed by atoms with Gasteiger partial charge in [0, 0.05) is 19.6 Å². The zero-order valence-electron chi connectivity index (χ0n) is 16.2. The number of amides is 2. The molecule has 0 spiro atoms. The second kappa shape index (κ2) is 7.94. The molecule has 3 heterocycles. The van der Waals surface area contributed by atoms with E-state index in [-0.39, 0.29) is 18.9 Å². The van der Waals surface area contributed by atoms with Crippen molar-refractivity contribution in [2.24, 2.45) is 0 Å². The molecule has 0 aliphatic carbocycles. The van der Waals surface area contributed by atoms with Gasteiger partial charge in [-0.15, -0.1) is 5.10 Å². The SMILES string of the molecule is O=C(NCc1ccc2c(c1)OCO2)N1CC(n2cc(COc3ccccc3)nn2)C1. The quantitative estimate of drug-likeness (QED) is 0.675. The Kier molecular flexibility index (Phi) is 4.84. The predicted molar refractivity (Wildman–Crippen MR) is 106 cm³/mol. The van der Waals surface area contributed by atoms with E-state index in [2.05, 4.69) is 15.6 Å². The van der Waals surface area contributed by atoms with Gasteiger partial charge in [-0.25, -0.2) is 9.48 Å². The Labute approximate surface area is 173 Å². The lowest BCUT2D eigenvalue weighted by atomic mass is 10.1. The molecule has 1 N–H and O–H groups in total. The summed E-state index contributed by atoms with van der Waals surface area (Å²) >= 11 is 0. The molecule has 0 atom stereocenters. The van der Waals surface area contributed by atoms with E-state index in [0.717, 1.165) is 22.8 Å². The highest BCUT2D eigenvalue weighted by molar-refractivity contribution is 5.75. The van der Waals surface area contributed by atoms with Crippen molar-refractivity contribution in [3.8, 4) is 17.2 Å². The Bertz CT molecular complexity index is 1030. The first-order valence-electron chi connectivity index (χ1n) is 9.74. The molecule has 2 aromatic carbocycles. The Morgan fingerprint density at radius 3 is 2.83 bits per heavy atom. The third-order valence-electron chi connectivity index (χ3n) is 5.09. The Morgan fingerprint density at radius 2 is 1.97 bits per heavy atom. The summed E-state index contributed by atoms with van der Waals surface area (Å²) in [4.78, 5) is 14.1. The molecule has 1 saturated heterocycles. The molecule has 3 aromatic rings. The van der Waals surface area contributed by atoms with Gasteiger partial charge in [-0.05, 0) is 29.8 Å². The second-order valence-electron chi connectivity index (χ2n) is 7.20. The molecule has 5 rings (SSSR count).